The van der Waals surface area contributed by atoms with E-state index in [0.717, 1.165) is 4.68 Å². The molecule has 10 heteroatoms. The van der Waals surface area contributed by atoms with Crippen LogP contribution in [0.4, 0.5) is 5.69 Å². The molecule has 27 heavy (non-hydrogen) atoms. The lowest BCUT2D eigenvalue weighted by atomic mass is 10.3. The molecule has 0 unspecified atom stereocenters. The van der Waals surface area contributed by atoms with Gasteiger partial charge >= 0.3 is 5.97 Å². The third-order valence-corrected chi connectivity index (χ3v) is 3.66. The van der Waals surface area contributed by atoms with Gasteiger partial charge in [0.25, 0.3) is 5.91 Å². The normalized spacial score (nSPS) is 10.3. The van der Waals surface area contributed by atoms with Crippen LogP contribution in [0.15, 0.2) is 30.5 Å². The molecule has 10 nitrogen and oxygen atoms in total. The summed E-state index contributed by atoms with van der Waals surface area (Å²) in [5.74, 6) is -1.30. The molecule has 2 N–H and O–H groups in total. The maximum atomic E-state index is 12.1. The number of carboxylic acids is 1. The minimum Gasteiger partial charge on any atom is -0.484 e. The topological polar surface area (TPSA) is 127 Å². The highest BCUT2D eigenvalue weighted by atomic mass is 16.5. The number of carbonyl (C=O) groups excluding carboxylic acids is 2. The van der Waals surface area contributed by atoms with Gasteiger partial charge in [-0.3, -0.25) is 9.59 Å². The molecule has 2 rings (SSSR count). The molecule has 144 valence electrons. The summed E-state index contributed by atoms with van der Waals surface area (Å²) in [4.78, 5) is 36.4. The standard InChI is InChI=1S/C17H21N5O5/c1-3-21(4-2)16(24)11-27-13-7-5-6-12(8-13)18-15(23)10-22-9-14(17(25)26)19-20-22/h5-9H,3-4,10-11H2,1-2H3,(H,18,23)(H,25,26). The number of benzene rings is 1. The fraction of sp³-hybridized carbons (Fsp3) is 0.353. The first-order valence-electron chi connectivity index (χ1n) is 8.36. The van der Waals surface area contributed by atoms with E-state index in [9.17, 15) is 14.4 Å². The molecule has 0 atom stereocenters. The summed E-state index contributed by atoms with van der Waals surface area (Å²) in [5, 5.41) is 18.5. The number of likely N-dealkylation sites (N-methyl/N-ethyl adjacent to an activating group) is 1. The van der Waals surface area contributed by atoms with E-state index >= 15 is 0 Å². The molecule has 0 bridgehead atoms. The number of rotatable bonds is 9. The van der Waals surface area contributed by atoms with Crippen LogP contribution in [0.2, 0.25) is 0 Å². The molecule has 2 amide bonds. The maximum Gasteiger partial charge on any atom is 0.358 e. The number of aromatic nitrogens is 3. The second-order valence-electron chi connectivity index (χ2n) is 5.54. The quantitative estimate of drug-likeness (QED) is 0.665. The van der Waals surface area contributed by atoms with Gasteiger partial charge in [-0.05, 0) is 26.0 Å². The summed E-state index contributed by atoms with van der Waals surface area (Å²) in [6.07, 6.45) is 1.17. The predicted octanol–water partition coefficient (Wildman–Crippen LogP) is 0.862. The highest BCUT2D eigenvalue weighted by Gasteiger charge is 2.12. The van der Waals surface area contributed by atoms with E-state index in [4.69, 9.17) is 9.84 Å². The number of carbonyl (C=O) groups is 3. The number of hydrogen-bond donors (Lipinski definition) is 2. The van der Waals surface area contributed by atoms with Gasteiger partial charge in [0, 0.05) is 24.8 Å². The minimum atomic E-state index is -1.22. The van der Waals surface area contributed by atoms with E-state index in [2.05, 4.69) is 15.6 Å². The number of ether oxygens (including phenoxy) is 1. The van der Waals surface area contributed by atoms with Gasteiger partial charge in [-0.1, -0.05) is 11.3 Å². The molecule has 1 aromatic carbocycles. The van der Waals surface area contributed by atoms with Crippen LogP contribution in [0, 0.1) is 0 Å². The molecule has 0 aliphatic carbocycles. The zero-order valence-corrected chi connectivity index (χ0v) is 15.1. The molecular weight excluding hydrogens is 354 g/mol. The van der Waals surface area contributed by atoms with Crippen molar-refractivity contribution >= 4 is 23.5 Å². The van der Waals surface area contributed by atoms with Crippen LogP contribution in [0.1, 0.15) is 24.3 Å². The molecule has 2 aromatic rings. The smallest absolute Gasteiger partial charge is 0.358 e. The lowest BCUT2D eigenvalue weighted by Gasteiger charge is -2.18. The molecule has 0 spiro atoms. The third kappa shape index (κ3) is 5.80. The Hall–Kier alpha value is -3.43. The molecular formula is C17H21N5O5. The summed E-state index contributed by atoms with van der Waals surface area (Å²) in [7, 11) is 0. The van der Waals surface area contributed by atoms with Crippen molar-refractivity contribution < 1.29 is 24.2 Å². The number of anilines is 1. The minimum absolute atomic E-state index is 0.0873. The highest BCUT2D eigenvalue weighted by molar-refractivity contribution is 5.91. The fourth-order valence-electron chi connectivity index (χ4n) is 2.30. The first-order valence-corrected chi connectivity index (χ1v) is 8.36. The largest absolute Gasteiger partial charge is 0.484 e. The van der Waals surface area contributed by atoms with E-state index in [0.29, 0.717) is 24.5 Å². The monoisotopic (exact) mass is 375 g/mol. The number of carboxylic acid groups (broad SMARTS) is 1. The number of aromatic carboxylic acids is 1. The van der Waals surface area contributed by atoms with Crippen molar-refractivity contribution in [1.29, 1.82) is 0 Å². The summed E-state index contributed by atoms with van der Waals surface area (Å²) in [6.45, 7) is 4.74. The second-order valence-corrected chi connectivity index (χ2v) is 5.54. The summed E-state index contributed by atoms with van der Waals surface area (Å²) < 4.78 is 6.61. The molecule has 0 saturated carbocycles. The first kappa shape index (κ1) is 19.9. The molecule has 0 aliphatic heterocycles. The average molecular weight is 375 g/mol. The maximum absolute atomic E-state index is 12.1. The molecule has 0 radical (unpaired) electrons. The number of hydrogen-bond acceptors (Lipinski definition) is 6. The molecule has 1 heterocycles. The van der Waals surface area contributed by atoms with Gasteiger partial charge in [0.1, 0.15) is 12.3 Å². The molecule has 0 fully saturated rings. The zero-order chi connectivity index (χ0) is 19.8. The van der Waals surface area contributed by atoms with Gasteiger partial charge in [-0.15, -0.1) is 5.10 Å². The van der Waals surface area contributed by atoms with Crippen molar-refractivity contribution in [2.24, 2.45) is 0 Å². The lowest BCUT2D eigenvalue weighted by Crippen LogP contribution is -2.34. The highest BCUT2D eigenvalue weighted by Crippen LogP contribution is 2.17. The Bertz CT molecular complexity index is 816. The van der Waals surface area contributed by atoms with Gasteiger partial charge in [-0.25, -0.2) is 9.48 Å². The van der Waals surface area contributed by atoms with Crippen LogP contribution >= 0.6 is 0 Å². The van der Waals surface area contributed by atoms with Crippen LogP contribution in [0.3, 0.4) is 0 Å². The van der Waals surface area contributed by atoms with E-state index in [1.54, 1.807) is 29.2 Å². The van der Waals surface area contributed by atoms with Crippen LogP contribution in [0.5, 0.6) is 5.75 Å². The number of nitrogens with one attached hydrogen (secondary N) is 1. The lowest BCUT2D eigenvalue weighted by molar-refractivity contribution is -0.133. The van der Waals surface area contributed by atoms with Crippen LogP contribution in [-0.2, 0) is 16.1 Å². The van der Waals surface area contributed by atoms with Gasteiger partial charge in [-0.2, -0.15) is 0 Å². The van der Waals surface area contributed by atoms with Gasteiger partial charge < -0.3 is 20.1 Å². The molecule has 0 aliphatic rings. The van der Waals surface area contributed by atoms with Crippen LogP contribution < -0.4 is 10.1 Å². The second kappa shape index (κ2) is 9.32. The van der Waals surface area contributed by atoms with Crippen molar-refractivity contribution in [3.63, 3.8) is 0 Å². The predicted molar refractivity (Wildman–Crippen MR) is 95.5 cm³/mol. The SMILES string of the molecule is CCN(CC)C(=O)COc1cccc(NC(=O)Cn2cc(C(=O)O)nn2)c1. The number of amides is 2. The van der Waals surface area contributed by atoms with Gasteiger partial charge in [0.15, 0.2) is 12.3 Å². The Labute approximate surface area is 155 Å². The van der Waals surface area contributed by atoms with Gasteiger partial charge in [0.2, 0.25) is 5.91 Å². The fourth-order valence-corrected chi connectivity index (χ4v) is 2.30. The van der Waals surface area contributed by atoms with Crippen molar-refractivity contribution in [3.8, 4) is 5.75 Å². The third-order valence-electron chi connectivity index (χ3n) is 3.66. The van der Waals surface area contributed by atoms with E-state index in [1.807, 2.05) is 13.8 Å². The zero-order valence-electron chi connectivity index (χ0n) is 15.1. The number of nitrogens with zero attached hydrogens (tertiary/aromatic N) is 4. The Morgan fingerprint density at radius 1 is 1.26 bits per heavy atom. The summed E-state index contributed by atoms with van der Waals surface area (Å²) >= 11 is 0. The van der Waals surface area contributed by atoms with Crippen molar-refractivity contribution in [3.05, 3.63) is 36.2 Å². The van der Waals surface area contributed by atoms with Gasteiger partial charge in [0.05, 0.1) is 6.20 Å². The Morgan fingerprint density at radius 2 is 2.00 bits per heavy atom. The Kier molecular flexibility index (Phi) is 6.86. The van der Waals surface area contributed by atoms with E-state index < -0.39 is 11.9 Å². The van der Waals surface area contributed by atoms with Crippen molar-refractivity contribution in [2.45, 2.75) is 20.4 Å². The molecule has 1 aromatic heterocycles. The van der Waals surface area contributed by atoms with Crippen molar-refractivity contribution in [1.82, 2.24) is 19.9 Å². The molecule has 0 saturated heterocycles. The van der Waals surface area contributed by atoms with Crippen molar-refractivity contribution in [2.75, 3.05) is 25.0 Å². The first-order chi connectivity index (χ1) is 12.9. The van der Waals surface area contributed by atoms with Crippen LogP contribution in [0.25, 0.3) is 0 Å². The average Bonchev–Trinajstić information content (AvgIpc) is 3.10. The Balaban J connectivity index is 1.91. The Morgan fingerprint density at radius 3 is 2.63 bits per heavy atom. The van der Waals surface area contributed by atoms with E-state index in [-0.39, 0.29) is 24.8 Å². The summed E-state index contributed by atoms with van der Waals surface area (Å²) in [6, 6.07) is 6.63. The van der Waals surface area contributed by atoms with E-state index in [1.165, 1.54) is 6.20 Å². The summed E-state index contributed by atoms with van der Waals surface area (Å²) in [5.41, 5.74) is 0.238. The van der Waals surface area contributed by atoms with Crippen LogP contribution in [-0.4, -0.2) is 62.5 Å².